The minimum absolute atomic E-state index is 0.297. The Hall–Kier alpha value is -1.52. The van der Waals surface area contributed by atoms with Gasteiger partial charge in [-0.2, -0.15) is 9.61 Å². The van der Waals surface area contributed by atoms with Crippen LogP contribution >= 0.6 is 0 Å². The molecule has 2 aromatic heterocycles. The second-order valence-electron chi connectivity index (χ2n) is 2.18. The topological polar surface area (TPSA) is 72.0 Å². The van der Waals surface area contributed by atoms with Crippen LogP contribution in [0.15, 0.2) is 6.07 Å². The number of hydrogen-bond donors (Lipinski definition) is 2. The lowest BCUT2D eigenvalue weighted by Crippen LogP contribution is -1.90. The molecule has 0 spiro atoms. The Labute approximate surface area is 56.8 Å². The van der Waals surface area contributed by atoms with Gasteiger partial charge in [0.2, 0.25) is 5.95 Å². The van der Waals surface area contributed by atoms with Crippen molar-refractivity contribution in [1.82, 2.24) is 19.8 Å². The second kappa shape index (κ2) is 1.50. The number of aryl methyl sites for hydroxylation is 1. The number of aromatic nitrogens is 4. The molecule has 0 saturated heterocycles. The first kappa shape index (κ1) is 5.28. The summed E-state index contributed by atoms with van der Waals surface area (Å²) >= 11 is 0. The molecule has 0 radical (unpaired) electrons. The lowest BCUT2D eigenvalue weighted by Gasteiger charge is -1.78. The van der Waals surface area contributed by atoms with Crippen molar-refractivity contribution in [2.24, 2.45) is 0 Å². The number of rotatable bonds is 0. The zero-order chi connectivity index (χ0) is 7.14. The molecule has 2 aromatic rings. The number of nitrogen functional groups attached to an aromatic ring is 1. The molecule has 52 valence electrons. The monoisotopic (exact) mass is 137 g/mol. The van der Waals surface area contributed by atoms with Crippen molar-refractivity contribution in [3.8, 4) is 0 Å². The molecule has 0 aliphatic heterocycles. The fourth-order valence-corrected chi connectivity index (χ4v) is 0.909. The van der Waals surface area contributed by atoms with Crippen LogP contribution in [-0.2, 0) is 0 Å². The maximum Gasteiger partial charge on any atom is 0.242 e. The number of H-pyrrole nitrogens is 1. The van der Waals surface area contributed by atoms with Crippen molar-refractivity contribution < 1.29 is 0 Å². The van der Waals surface area contributed by atoms with Crippen molar-refractivity contribution in [2.45, 2.75) is 6.92 Å². The Balaban J connectivity index is 2.83. The molecule has 0 aliphatic carbocycles. The van der Waals surface area contributed by atoms with Gasteiger partial charge in [0.15, 0.2) is 5.65 Å². The van der Waals surface area contributed by atoms with E-state index in [1.54, 1.807) is 4.63 Å². The number of fused-ring (bicyclic) bond motifs is 1. The van der Waals surface area contributed by atoms with Crippen LogP contribution in [0.25, 0.3) is 5.65 Å². The lowest BCUT2D eigenvalue weighted by molar-refractivity contribution is 0.812. The molecule has 5 nitrogen and oxygen atoms in total. The fourth-order valence-electron chi connectivity index (χ4n) is 0.909. The summed E-state index contributed by atoms with van der Waals surface area (Å²) < 4.78 is 1.55. The summed E-state index contributed by atoms with van der Waals surface area (Å²) in [5.74, 6) is 0.297. The van der Waals surface area contributed by atoms with E-state index in [4.69, 9.17) is 5.73 Å². The van der Waals surface area contributed by atoms with Crippen molar-refractivity contribution in [3.63, 3.8) is 0 Å². The molecular weight excluding hydrogens is 130 g/mol. The summed E-state index contributed by atoms with van der Waals surface area (Å²) in [4.78, 5) is 3.93. The number of aromatic amines is 1. The van der Waals surface area contributed by atoms with Crippen LogP contribution in [0.2, 0.25) is 0 Å². The molecule has 5 heteroatoms. The average molecular weight is 137 g/mol. The Bertz CT molecular complexity index is 294. The number of anilines is 1. The van der Waals surface area contributed by atoms with Crippen LogP contribution in [0, 0.1) is 6.92 Å². The zero-order valence-corrected chi connectivity index (χ0v) is 5.50. The molecule has 0 aliphatic rings. The first-order valence-corrected chi connectivity index (χ1v) is 2.93. The molecule has 2 rings (SSSR count). The van der Waals surface area contributed by atoms with Gasteiger partial charge in [0.05, 0.1) is 0 Å². The molecular formula is C5H7N5. The van der Waals surface area contributed by atoms with Crippen molar-refractivity contribution in [3.05, 3.63) is 11.8 Å². The van der Waals surface area contributed by atoms with E-state index >= 15 is 0 Å². The van der Waals surface area contributed by atoms with Crippen molar-refractivity contribution in [2.75, 3.05) is 5.73 Å². The summed E-state index contributed by atoms with van der Waals surface area (Å²) in [6, 6.07) is 1.88. The van der Waals surface area contributed by atoms with E-state index in [1.165, 1.54) is 0 Å². The van der Waals surface area contributed by atoms with Gasteiger partial charge in [0.1, 0.15) is 0 Å². The quantitative estimate of drug-likeness (QED) is 0.534. The van der Waals surface area contributed by atoms with Crippen LogP contribution in [-0.4, -0.2) is 19.8 Å². The summed E-state index contributed by atoms with van der Waals surface area (Å²) in [6.45, 7) is 1.94. The molecule has 0 aromatic carbocycles. The van der Waals surface area contributed by atoms with Gasteiger partial charge in [0.25, 0.3) is 0 Å². The molecule has 0 fully saturated rings. The third-order valence-electron chi connectivity index (χ3n) is 1.28. The maximum absolute atomic E-state index is 5.32. The molecule has 0 bridgehead atoms. The Morgan fingerprint density at radius 2 is 2.50 bits per heavy atom. The van der Waals surface area contributed by atoms with Gasteiger partial charge in [-0.05, 0) is 6.92 Å². The van der Waals surface area contributed by atoms with Gasteiger partial charge < -0.3 is 5.73 Å². The molecule has 2 heterocycles. The van der Waals surface area contributed by atoms with E-state index in [1.807, 2.05) is 13.0 Å². The fraction of sp³-hybridized carbons (Fsp3) is 0.200. The van der Waals surface area contributed by atoms with E-state index in [-0.39, 0.29) is 0 Å². The Kier molecular flexibility index (Phi) is 0.791. The molecule has 10 heavy (non-hydrogen) atoms. The van der Waals surface area contributed by atoms with Crippen molar-refractivity contribution >= 4 is 11.6 Å². The SMILES string of the molecule is Cc1cc2nc(N)nn2[nH]1. The highest BCUT2D eigenvalue weighted by atomic mass is 15.5. The minimum Gasteiger partial charge on any atom is -0.366 e. The van der Waals surface area contributed by atoms with Crippen LogP contribution in [0.1, 0.15) is 5.69 Å². The summed E-state index contributed by atoms with van der Waals surface area (Å²) in [6.07, 6.45) is 0. The van der Waals surface area contributed by atoms with E-state index in [0.29, 0.717) is 5.95 Å². The largest absolute Gasteiger partial charge is 0.366 e. The smallest absolute Gasteiger partial charge is 0.242 e. The predicted octanol–water partition coefficient (Wildman–Crippen LogP) is -0.0520. The highest BCUT2D eigenvalue weighted by molar-refractivity contribution is 5.41. The number of hydrogen-bond acceptors (Lipinski definition) is 3. The molecule has 0 unspecified atom stereocenters. The first-order chi connectivity index (χ1) is 4.75. The van der Waals surface area contributed by atoms with Crippen LogP contribution in [0.5, 0.6) is 0 Å². The van der Waals surface area contributed by atoms with Gasteiger partial charge in [-0.15, -0.1) is 5.10 Å². The summed E-state index contributed by atoms with van der Waals surface area (Å²) in [7, 11) is 0. The maximum atomic E-state index is 5.32. The van der Waals surface area contributed by atoms with Gasteiger partial charge >= 0.3 is 0 Å². The summed E-state index contributed by atoms with van der Waals surface area (Å²) in [5.41, 5.74) is 7.10. The van der Waals surface area contributed by atoms with Crippen LogP contribution in [0.4, 0.5) is 5.95 Å². The van der Waals surface area contributed by atoms with Gasteiger partial charge in [0, 0.05) is 11.8 Å². The van der Waals surface area contributed by atoms with Gasteiger partial charge in [-0.1, -0.05) is 0 Å². The van der Waals surface area contributed by atoms with Crippen LogP contribution in [0.3, 0.4) is 0 Å². The lowest BCUT2D eigenvalue weighted by atomic mass is 10.5. The average Bonchev–Trinajstić information content (AvgIpc) is 2.21. The second-order valence-corrected chi connectivity index (χ2v) is 2.18. The zero-order valence-electron chi connectivity index (χ0n) is 5.50. The highest BCUT2D eigenvalue weighted by Gasteiger charge is 2.00. The van der Waals surface area contributed by atoms with E-state index in [9.17, 15) is 0 Å². The highest BCUT2D eigenvalue weighted by Crippen LogP contribution is 2.02. The number of nitrogens with zero attached hydrogens (tertiary/aromatic N) is 3. The van der Waals surface area contributed by atoms with Crippen LogP contribution < -0.4 is 5.73 Å². The molecule has 0 atom stereocenters. The predicted molar refractivity (Wildman–Crippen MR) is 36.5 cm³/mol. The van der Waals surface area contributed by atoms with E-state index in [0.717, 1.165) is 11.3 Å². The Morgan fingerprint density at radius 1 is 1.70 bits per heavy atom. The Morgan fingerprint density at radius 3 is 3.20 bits per heavy atom. The molecule has 3 N–H and O–H groups in total. The minimum atomic E-state index is 0.297. The first-order valence-electron chi connectivity index (χ1n) is 2.93. The molecule has 0 saturated carbocycles. The number of nitrogens with two attached hydrogens (primary N) is 1. The standard InChI is InChI=1S/C5H7N5/c1-3-2-4-7-5(6)9-10(4)8-3/h2,8H,1H3,(H2,6,9). The van der Waals surface area contributed by atoms with E-state index < -0.39 is 0 Å². The third kappa shape index (κ3) is 0.570. The normalized spacial score (nSPS) is 10.9. The van der Waals surface area contributed by atoms with E-state index in [2.05, 4.69) is 15.2 Å². The number of nitrogens with one attached hydrogen (secondary N) is 1. The van der Waals surface area contributed by atoms with Crippen molar-refractivity contribution in [1.29, 1.82) is 0 Å². The third-order valence-corrected chi connectivity index (χ3v) is 1.28. The van der Waals surface area contributed by atoms with Gasteiger partial charge in [-0.3, -0.25) is 5.10 Å². The van der Waals surface area contributed by atoms with Gasteiger partial charge in [-0.25, -0.2) is 0 Å². The summed E-state index contributed by atoms with van der Waals surface area (Å²) in [5, 5.41) is 6.80. The molecule has 0 amide bonds.